The molecule has 2 heterocycles. The van der Waals surface area contributed by atoms with Gasteiger partial charge in [0.15, 0.2) is 0 Å². The van der Waals surface area contributed by atoms with Crippen molar-refractivity contribution in [3.05, 3.63) is 0 Å². The summed E-state index contributed by atoms with van der Waals surface area (Å²) < 4.78 is 0. The van der Waals surface area contributed by atoms with Crippen LogP contribution in [0.2, 0.25) is 0 Å². The number of nitrogens with one attached hydrogen (secondary N) is 1. The summed E-state index contributed by atoms with van der Waals surface area (Å²) in [5.41, 5.74) is 0. The van der Waals surface area contributed by atoms with E-state index in [4.69, 9.17) is 0 Å². The number of nitrogens with zero attached hydrogens (tertiary/aromatic N) is 2. The molecule has 4 nitrogen and oxygen atoms in total. The number of piperidine rings is 1. The molecule has 1 amide bonds. The van der Waals surface area contributed by atoms with Gasteiger partial charge in [0.2, 0.25) is 5.91 Å². The summed E-state index contributed by atoms with van der Waals surface area (Å²) in [7, 11) is 1.84. The summed E-state index contributed by atoms with van der Waals surface area (Å²) in [5, 5.41) is 2.94. The molecule has 2 aliphatic heterocycles. The summed E-state index contributed by atoms with van der Waals surface area (Å²) in [6.07, 6.45) is 7.89. The Morgan fingerprint density at radius 1 is 1.16 bits per heavy atom. The zero-order valence-corrected chi connectivity index (χ0v) is 12.4. The molecule has 1 N–H and O–H groups in total. The molecule has 0 aromatic carbocycles. The van der Waals surface area contributed by atoms with Gasteiger partial charge < -0.3 is 15.1 Å². The highest BCUT2D eigenvalue weighted by atomic mass is 16.2. The SMILES string of the molecule is CNCC(=O)N1CCC(CCCN2CCCC2)CC1. The van der Waals surface area contributed by atoms with E-state index in [1.807, 2.05) is 11.9 Å². The smallest absolute Gasteiger partial charge is 0.236 e. The lowest BCUT2D eigenvalue weighted by molar-refractivity contribution is -0.131. The summed E-state index contributed by atoms with van der Waals surface area (Å²) >= 11 is 0. The van der Waals surface area contributed by atoms with Gasteiger partial charge in [-0.2, -0.15) is 0 Å². The highest BCUT2D eigenvalue weighted by Crippen LogP contribution is 2.22. The van der Waals surface area contributed by atoms with Crippen LogP contribution in [0.25, 0.3) is 0 Å². The Bertz CT molecular complexity index is 269. The van der Waals surface area contributed by atoms with E-state index in [9.17, 15) is 4.79 Å². The standard InChI is InChI=1S/C15H29N3O/c1-16-13-15(19)18-11-6-14(7-12-18)5-4-10-17-8-2-3-9-17/h14,16H,2-13H2,1H3. The molecular formula is C15H29N3O. The van der Waals surface area contributed by atoms with Crippen molar-refractivity contribution < 1.29 is 4.79 Å². The largest absolute Gasteiger partial charge is 0.342 e. The first-order valence-electron chi connectivity index (χ1n) is 7.94. The second-order valence-electron chi connectivity index (χ2n) is 6.05. The maximum atomic E-state index is 11.7. The molecule has 0 radical (unpaired) electrons. The molecule has 2 saturated heterocycles. The zero-order valence-electron chi connectivity index (χ0n) is 12.4. The molecule has 2 fully saturated rings. The Morgan fingerprint density at radius 2 is 1.84 bits per heavy atom. The number of likely N-dealkylation sites (tertiary alicyclic amines) is 2. The predicted molar refractivity (Wildman–Crippen MR) is 78.1 cm³/mol. The Morgan fingerprint density at radius 3 is 2.47 bits per heavy atom. The van der Waals surface area contributed by atoms with E-state index in [1.54, 1.807) is 0 Å². The van der Waals surface area contributed by atoms with Gasteiger partial charge in [0.1, 0.15) is 0 Å². The van der Waals surface area contributed by atoms with Crippen LogP contribution in [0.4, 0.5) is 0 Å². The monoisotopic (exact) mass is 267 g/mol. The average Bonchev–Trinajstić information content (AvgIpc) is 2.93. The van der Waals surface area contributed by atoms with Crippen molar-refractivity contribution in [3.8, 4) is 0 Å². The molecule has 0 aromatic heterocycles. The van der Waals surface area contributed by atoms with Crippen LogP contribution in [0.5, 0.6) is 0 Å². The fourth-order valence-electron chi connectivity index (χ4n) is 3.34. The van der Waals surface area contributed by atoms with Crippen molar-refractivity contribution in [2.75, 3.05) is 46.3 Å². The molecule has 2 rings (SSSR count). The van der Waals surface area contributed by atoms with E-state index < -0.39 is 0 Å². The lowest BCUT2D eigenvalue weighted by Crippen LogP contribution is -2.42. The van der Waals surface area contributed by atoms with E-state index in [-0.39, 0.29) is 5.91 Å². The summed E-state index contributed by atoms with van der Waals surface area (Å²) in [4.78, 5) is 16.4. The Balaban J connectivity index is 1.56. The molecule has 0 saturated carbocycles. The van der Waals surface area contributed by atoms with Crippen molar-refractivity contribution >= 4 is 5.91 Å². The van der Waals surface area contributed by atoms with Crippen LogP contribution in [0.3, 0.4) is 0 Å². The highest BCUT2D eigenvalue weighted by Gasteiger charge is 2.22. The van der Waals surface area contributed by atoms with Crippen LogP contribution in [0.15, 0.2) is 0 Å². The Labute approximate surface area is 117 Å². The Hall–Kier alpha value is -0.610. The fourth-order valence-corrected chi connectivity index (χ4v) is 3.34. The number of carbonyl (C=O) groups excluding carboxylic acids is 1. The van der Waals surface area contributed by atoms with Gasteiger partial charge in [-0.05, 0) is 71.1 Å². The second-order valence-corrected chi connectivity index (χ2v) is 6.05. The number of hydrogen-bond donors (Lipinski definition) is 1. The van der Waals surface area contributed by atoms with E-state index in [0.717, 1.165) is 19.0 Å². The van der Waals surface area contributed by atoms with Gasteiger partial charge in [-0.25, -0.2) is 0 Å². The third-order valence-electron chi connectivity index (χ3n) is 4.58. The summed E-state index contributed by atoms with van der Waals surface area (Å²) in [5.74, 6) is 1.11. The van der Waals surface area contributed by atoms with Crippen LogP contribution < -0.4 is 5.32 Å². The molecule has 110 valence electrons. The molecule has 0 bridgehead atoms. The maximum Gasteiger partial charge on any atom is 0.236 e. The van der Waals surface area contributed by atoms with Crippen LogP contribution in [-0.4, -0.2) is 62.0 Å². The van der Waals surface area contributed by atoms with Crippen molar-refractivity contribution in [1.82, 2.24) is 15.1 Å². The first-order valence-corrected chi connectivity index (χ1v) is 7.94. The van der Waals surface area contributed by atoms with Gasteiger partial charge in [0, 0.05) is 13.1 Å². The van der Waals surface area contributed by atoms with Crippen LogP contribution in [-0.2, 0) is 4.79 Å². The molecule has 19 heavy (non-hydrogen) atoms. The number of likely N-dealkylation sites (N-methyl/N-ethyl adjacent to an activating group) is 1. The second kappa shape index (κ2) is 7.85. The van der Waals surface area contributed by atoms with E-state index in [1.165, 1.54) is 58.2 Å². The topological polar surface area (TPSA) is 35.6 Å². The molecule has 0 spiro atoms. The van der Waals surface area contributed by atoms with Gasteiger partial charge in [-0.3, -0.25) is 4.79 Å². The first-order chi connectivity index (χ1) is 9.29. The summed E-state index contributed by atoms with van der Waals surface area (Å²) in [6, 6.07) is 0. The van der Waals surface area contributed by atoms with Crippen LogP contribution in [0.1, 0.15) is 38.5 Å². The normalized spacial score (nSPS) is 22.1. The molecule has 2 aliphatic rings. The minimum atomic E-state index is 0.262. The zero-order chi connectivity index (χ0) is 13.5. The quantitative estimate of drug-likeness (QED) is 0.788. The molecule has 0 aliphatic carbocycles. The minimum Gasteiger partial charge on any atom is -0.342 e. The lowest BCUT2D eigenvalue weighted by atomic mass is 9.92. The predicted octanol–water partition coefficient (Wildman–Crippen LogP) is 1.32. The lowest BCUT2D eigenvalue weighted by Gasteiger charge is -2.32. The highest BCUT2D eigenvalue weighted by molar-refractivity contribution is 5.78. The van der Waals surface area contributed by atoms with E-state index >= 15 is 0 Å². The molecule has 0 atom stereocenters. The third kappa shape index (κ3) is 4.77. The fraction of sp³-hybridized carbons (Fsp3) is 0.933. The van der Waals surface area contributed by atoms with Gasteiger partial charge in [0.05, 0.1) is 6.54 Å². The van der Waals surface area contributed by atoms with Crippen molar-refractivity contribution in [3.63, 3.8) is 0 Å². The molecular weight excluding hydrogens is 238 g/mol. The van der Waals surface area contributed by atoms with Gasteiger partial charge in [-0.15, -0.1) is 0 Å². The van der Waals surface area contributed by atoms with Crippen molar-refractivity contribution in [2.45, 2.75) is 38.5 Å². The van der Waals surface area contributed by atoms with E-state index in [2.05, 4.69) is 10.2 Å². The maximum absolute atomic E-state index is 11.7. The summed E-state index contributed by atoms with van der Waals surface area (Å²) in [6.45, 7) is 6.34. The number of hydrogen-bond acceptors (Lipinski definition) is 3. The van der Waals surface area contributed by atoms with Crippen molar-refractivity contribution in [1.29, 1.82) is 0 Å². The molecule has 0 unspecified atom stereocenters. The minimum absolute atomic E-state index is 0.262. The van der Waals surface area contributed by atoms with Gasteiger partial charge in [-0.1, -0.05) is 0 Å². The van der Waals surface area contributed by atoms with E-state index in [0.29, 0.717) is 6.54 Å². The molecule has 4 heteroatoms. The third-order valence-corrected chi connectivity index (χ3v) is 4.58. The van der Waals surface area contributed by atoms with Gasteiger partial charge >= 0.3 is 0 Å². The van der Waals surface area contributed by atoms with Crippen molar-refractivity contribution in [2.24, 2.45) is 5.92 Å². The van der Waals surface area contributed by atoms with Crippen LogP contribution in [0, 0.1) is 5.92 Å². The van der Waals surface area contributed by atoms with Gasteiger partial charge in [0.25, 0.3) is 0 Å². The first kappa shape index (κ1) is 14.8. The molecule has 0 aromatic rings. The number of carbonyl (C=O) groups is 1. The average molecular weight is 267 g/mol. The van der Waals surface area contributed by atoms with Crippen LogP contribution >= 0.6 is 0 Å². The number of rotatable bonds is 6. The number of amides is 1. The Kier molecular flexibility index (Phi) is 6.11.